The van der Waals surface area contributed by atoms with Gasteiger partial charge in [0.2, 0.25) is 0 Å². The van der Waals surface area contributed by atoms with E-state index < -0.39 is 29.1 Å². The molecule has 0 radical (unpaired) electrons. The molecule has 262 valence electrons. The van der Waals surface area contributed by atoms with E-state index in [2.05, 4.69) is 10.6 Å². The lowest BCUT2D eigenvalue weighted by Gasteiger charge is -2.33. The molecule has 2 saturated heterocycles. The van der Waals surface area contributed by atoms with Gasteiger partial charge in [-0.2, -0.15) is 0 Å². The molecule has 0 saturated carbocycles. The zero-order valence-corrected chi connectivity index (χ0v) is 27.3. The maximum absolute atomic E-state index is 13.8. The lowest BCUT2D eigenvalue weighted by molar-refractivity contribution is 0.00425. The van der Waals surface area contributed by atoms with E-state index in [0.717, 1.165) is 60.0 Å². The van der Waals surface area contributed by atoms with Crippen LogP contribution in [0.2, 0.25) is 0 Å². The predicted molar refractivity (Wildman–Crippen MR) is 173 cm³/mol. The van der Waals surface area contributed by atoms with Gasteiger partial charge in [0.05, 0.1) is 25.4 Å². The van der Waals surface area contributed by atoms with Crippen molar-refractivity contribution < 1.29 is 40.2 Å². The van der Waals surface area contributed by atoms with Crippen molar-refractivity contribution in [2.45, 2.75) is 63.9 Å². The molecule has 2 heterocycles. The van der Waals surface area contributed by atoms with Crippen LogP contribution in [0.25, 0.3) is 0 Å². The molecule has 0 aliphatic carbocycles. The van der Waals surface area contributed by atoms with E-state index in [1.807, 2.05) is 13.8 Å². The quantitative estimate of drug-likeness (QED) is 0.183. The van der Waals surface area contributed by atoms with Gasteiger partial charge in [0, 0.05) is 48.2 Å². The lowest BCUT2D eigenvalue weighted by Crippen LogP contribution is -2.40. The molecule has 0 spiro atoms. The van der Waals surface area contributed by atoms with E-state index >= 15 is 0 Å². The monoisotopic (exact) mass is 688 g/mol. The Kier molecular flexibility index (Phi) is 12.5. The van der Waals surface area contributed by atoms with E-state index in [9.17, 15) is 30.7 Å². The molecule has 2 aliphatic heterocycles. The van der Waals surface area contributed by atoms with Crippen molar-refractivity contribution in [3.05, 3.63) is 141 Å². The number of benzene rings is 4. The first kappa shape index (κ1) is 36.5. The summed E-state index contributed by atoms with van der Waals surface area (Å²) in [7, 11) is 0. The van der Waals surface area contributed by atoms with Crippen molar-refractivity contribution in [3.8, 4) is 0 Å². The van der Waals surface area contributed by atoms with Crippen LogP contribution in [0.15, 0.2) is 66.7 Å². The van der Waals surface area contributed by atoms with Crippen molar-refractivity contribution in [1.82, 2.24) is 10.6 Å². The van der Waals surface area contributed by atoms with Gasteiger partial charge < -0.3 is 20.1 Å². The average molecular weight is 689 g/mol. The largest absolute Gasteiger partial charge is 0.373 e. The molecule has 2 aliphatic rings. The fourth-order valence-corrected chi connectivity index (χ4v) is 6.55. The molecule has 2 N–H and O–H groups in total. The minimum atomic E-state index is -0.958. The van der Waals surface area contributed by atoms with Gasteiger partial charge in [-0.05, 0) is 104 Å². The van der Waals surface area contributed by atoms with Crippen LogP contribution in [-0.4, -0.2) is 38.4 Å². The Morgan fingerprint density at radius 2 is 1.02 bits per heavy atom. The lowest BCUT2D eigenvalue weighted by atomic mass is 9.86. The Morgan fingerprint density at radius 3 is 1.53 bits per heavy atom. The molecular formula is C38H39F7N2O2. The summed E-state index contributed by atoms with van der Waals surface area (Å²) in [5.41, 5.74) is 3.57. The Bertz CT molecular complexity index is 1710. The smallest absolute Gasteiger partial charge is 0.134 e. The van der Waals surface area contributed by atoms with E-state index in [-0.39, 0.29) is 60.0 Å². The van der Waals surface area contributed by atoms with E-state index in [1.54, 1.807) is 12.1 Å². The molecule has 0 bridgehead atoms. The van der Waals surface area contributed by atoms with E-state index in [4.69, 9.17) is 9.47 Å². The van der Waals surface area contributed by atoms with Gasteiger partial charge in [0.15, 0.2) is 0 Å². The van der Waals surface area contributed by atoms with Gasteiger partial charge in [-0.25, -0.2) is 30.7 Å². The molecule has 0 amide bonds. The summed E-state index contributed by atoms with van der Waals surface area (Å²) in [5, 5.41) is 6.58. The summed E-state index contributed by atoms with van der Waals surface area (Å²) in [6.07, 6.45) is 1.02. The second kappa shape index (κ2) is 16.8. The summed E-state index contributed by atoms with van der Waals surface area (Å²) < 4.78 is 106. The number of ether oxygens (including phenoxy) is 2. The molecule has 0 aromatic heterocycles. The van der Waals surface area contributed by atoms with Gasteiger partial charge in [0.25, 0.3) is 0 Å². The third-order valence-electron chi connectivity index (χ3n) is 9.11. The standard InChI is InChI=1S/C19H19F4NO.C19H20F3NO/c1-11-6-12(20)2-3-14(11)15-9-24-5-4-19(15)25-10-16-17(22)7-13(21)8-18(16)23;1-12-8-14(20)2-4-16(12)17-10-23-7-6-19(17)24-11-13-9-15(21)3-5-18(13)22/h2-3,6-8,15,19,24H,4-5,9-10H2,1H3;2-5,8-9,17,19,23H,6-7,10-11H2,1H3. The van der Waals surface area contributed by atoms with Gasteiger partial charge in [0.1, 0.15) is 40.7 Å². The van der Waals surface area contributed by atoms with Crippen molar-refractivity contribution in [1.29, 1.82) is 0 Å². The van der Waals surface area contributed by atoms with Crippen LogP contribution in [-0.2, 0) is 22.7 Å². The first-order valence-corrected chi connectivity index (χ1v) is 16.2. The maximum Gasteiger partial charge on any atom is 0.134 e. The summed E-state index contributed by atoms with van der Waals surface area (Å²) >= 11 is 0. The average Bonchev–Trinajstić information content (AvgIpc) is 3.06. The topological polar surface area (TPSA) is 42.5 Å². The van der Waals surface area contributed by atoms with Crippen LogP contribution in [0.4, 0.5) is 30.7 Å². The third kappa shape index (κ3) is 9.48. The number of rotatable bonds is 8. The van der Waals surface area contributed by atoms with Crippen molar-refractivity contribution >= 4 is 0 Å². The normalized spacial score (nSPS) is 20.8. The molecule has 6 rings (SSSR count). The fourth-order valence-electron chi connectivity index (χ4n) is 6.55. The zero-order chi connectivity index (χ0) is 35.1. The number of hydrogen-bond donors (Lipinski definition) is 2. The van der Waals surface area contributed by atoms with Crippen LogP contribution in [0, 0.1) is 54.6 Å². The molecule has 4 aromatic rings. The fraction of sp³-hybridized carbons (Fsp3) is 0.368. The second-order valence-electron chi connectivity index (χ2n) is 12.5. The summed E-state index contributed by atoms with van der Waals surface area (Å²) in [5.74, 6) is -4.40. The Hall–Kier alpha value is -3.77. The Labute approximate surface area is 281 Å². The summed E-state index contributed by atoms with van der Waals surface area (Å²) in [6, 6.07) is 14.0. The minimum absolute atomic E-state index is 0.0189. The molecule has 2 fully saturated rings. The molecule has 49 heavy (non-hydrogen) atoms. The highest BCUT2D eigenvalue weighted by Crippen LogP contribution is 2.32. The van der Waals surface area contributed by atoms with Crippen LogP contribution in [0.5, 0.6) is 0 Å². The van der Waals surface area contributed by atoms with Crippen LogP contribution < -0.4 is 10.6 Å². The number of nitrogens with one attached hydrogen (secondary N) is 2. The van der Waals surface area contributed by atoms with Crippen molar-refractivity contribution in [3.63, 3.8) is 0 Å². The van der Waals surface area contributed by atoms with Gasteiger partial charge in [-0.15, -0.1) is 0 Å². The van der Waals surface area contributed by atoms with Crippen LogP contribution in [0.1, 0.15) is 58.1 Å². The number of aryl methyl sites for hydroxylation is 2. The zero-order valence-electron chi connectivity index (χ0n) is 27.3. The highest BCUT2D eigenvalue weighted by Gasteiger charge is 2.30. The summed E-state index contributed by atoms with van der Waals surface area (Å²) in [6.45, 7) is 6.29. The molecule has 4 unspecified atom stereocenters. The molecular weight excluding hydrogens is 649 g/mol. The van der Waals surface area contributed by atoms with Gasteiger partial charge >= 0.3 is 0 Å². The Balaban J connectivity index is 0.000000191. The van der Waals surface area contributed by atoms with Crippen LogP contribution >= 0.6 is 0 Å². The highest BCUT2D eigenvalue weighted by molar-refractivity contribution is 5.33. The van der Waals surface area contributed by atoms with Gasteiger partial charge in [-0.1, -0.05) is 12.1 Å². The SMILES string of the molecule is Cc1cc(F)ccc1C1CNCCC1OCc1c(F)cc(F)cc1F.Cc1cc(F)ccc1C1CNCCC1OCc1cc(F)ccc1F. The van der Waals surface area contributed by atoms with Crippen molar-refractivity contribution in [2.24, 2.45) is 0 Å². The number of hydrogen-bond acceptors (Lipinski definition) is 4. The van der Waals surface area contributed by atoms with Crippen molar-refractivity contribution in [2.75, 3.05) is 26.2 Å². The summed E-state index contributed by atoms with van der Waals surface area (Å²) in [4.78, 5) is 0. The van der Waals surface area contributed by atoms with E-state index in [0.29, 0.717) is 31.6 Å². The molecule has 4 atom stereocenters. The number of halogens is 7. The van der Waals surface area contributed by atoms with E-state index in [1.165, 1.54) is 24.3 Å². The highest BCUT2D eigenvalue weighted by atomic mass is 19.2. The Morgan fingerprint density at radius 1 is 0.551 bits per heavy atom. The maximum atomic E-state index is 13.8. The predicted octanol–water partition coefficient (Wildman–Crippen LogP) is 8.29. The molecule has 11 heteroatoms. The second-order valence-corrected chi connectivity index (χ2v) is 12.5. The minimum Gasteiger partial charge on any atom is -0.373 e. The van der Waals surface area contributed by atoms with Gasteiger partial charge in [-0.3, -0.25) is 0 Å². The third-order valence-corrected chi connectivity index (χ3v) is 9.11. The first-order chi connectivity index (χ1) is 23.5. The first-order valence-electron chi connectivity index (χ1n) is 16.2. The molecule has 4 nitrogen and oxygen atoms in total. The number of piperidine rings is 2. The molecule has 4 aromatic carbocycles. The van der Waals surface area contributed by atoms with Crippen LogP contribution in [0.3, 0.4) is 0 Å².